The highest BCUT2D eigenvalue weighted by Gasteiger charge is 2.15. The molecule has 2 N–H and O–H groups in total. The molecule has 0 aliphatic rings. The summed E-state index contributed by atoms with van der Waals surface area (Å²) < 4.78 is 5.30. The number of carbonyl (C=O) groups is 1. The van der Waals surface area contributed by atoms with Crippen LogP contribution in [0, 0.1) is 13.8 Å². The van der Waals surface area contributed by atoms with Crippen LogP contribution in [0.2, 0.25) is 0 Å². The van der Waals surface area contributed by atoms with Gasteiger partial charge in [0.1, 0.15) is 5.76 Å². The number of nitrogens with zero attached hydrogens (tertiary/aromatic N) is 1. The van der Waals surface area contributed by atoms with Crippen LogP contribution in [0.25, 0.3) is 11.1 Å². The van der Waals surface area contributed by atoms with Crippen molar-refractivity contribution >= 4 is 11.6 Å². The van der Waals surface area contributed by atoms with Crippen molar-refractivity contribution < 1.29 is 14.4 Å². The SMILES string of the molecule is Cc1noc(C)c1-c1ccc(NC(=O)CCCO)c(Cc2ccccc2)c1. The lowest BCUT2D eigenvalue weighted by Crippen LogP contribution is -2.13. The van der Waals surface area contributed by atoms with Crippen molar-refractivity contribution in [3.8, 4) is 11.1 Å². The highest BCUT2D eigenvalue weighted by atomic mass is 16.5. The fraction of sp³-hybridized carbons (Fsp3) is 0.273. The monoisotopic (exact) mass is 364 g/mol. The van der Waals surface area contributed by atoms with Crippen molar-refractivity contribution in [1.29, 1.82) is 0 Å². The van der Waals surface area contributed by atoms with Crippen LogP contribution in [0.5, 0.6) is 0 Å². The molecule has 27 heavy (non-hydrogen) atoms. The maximum Gasteiger partial charge on any atom is 0.224 e. The minimum Gasteiger partial charge on any atom is -0.396 e. The Labute approximate surface area is 159 Å². The molecule has 0 saturated heterocycles. The van der Waals surface area contributed by atoms with E-state index in [1.165, 1.54) is 5.56 Å². The Morgan fingerprint density at radius 3 is 2.59 bits per heavy atom. The van der Waals surface area contributed by atoms with Crippen LogP contribution >= 0.6 is 0 Å². The Balaban J connectivity index is 1.96. The minimum atomic E-state index is -0.0940. The Morgan fingerprint density at radius 2 is 1.93 bits per heavy atom. The lowest BCUT2D eigenvalue weighted by atomic mass is 9.96. The molecule has 1 aromatic heterocycles. The first-order chi connectivity index (χ1) is 13.1. The number of anilines is 1. The fourth-order valence-electron chi connectivity index (χ4n) is 3.18. The van der Waals surface area contributed by atoms with Crippen LogP contribution in [-0.2, 0) is 11.2 Å². The quantitative estimate of drug-likeness (QED) is 0.657. The van der Waals surface area contributed by atoms with E-state index >= 15 is 0 Å². The Hall–Kier alpha value is -2.92. The highest BCUT2D eigenvalue weighted by Crippen LogP contribution is 2.31. The standard InChI is InChI=1S/C22H24N2O3/c1-15-22(16(2)27-24-15)18-10-11-20(23-21(26)9-6-12-25)19(14-18)13-17-7-4-3-5-8-17/h3-5,7-8,10-11,14,25H,6,9,12-13H2,1-2H3,(H,23,26). The molecule has 0 atom stereocenters. The van der Waals surface area contributed by atoms with Gasteiger partial charge >= 0.3 is 0 Å². The van der Waals surface area contributed by atoms with E-state index in [4.69, 9.17) is 9.63 Å². The van der Waals surface area contributed by atoms with Gasteiger partial charge in [0.25, 0.3) is 0 Å². The number of rotatable bonds is 7. The average Bonchev–Trinajstić information content (AvgIpc) is 3.01. The predicted octanol–water partition coefficient (Wildman–Crippen LogP) is 4.26. The Bertz CT molecular complexity index is 897. The van der Waals surface area contributed by atoms with Crippen molar-refractivity contribution in [3.63, 3.8) is 0 Å². The van der Waals surface area contributed by atoms with Crippen LogP contribution in [0.4, 0.5) is 5.69 Å². The van der Waals surface area contributed by atoms with E-state index in [2.05, 4.69) is 28.7 Å². The zero-order valence-electron chi connectivity index (χ0n) is 15.7. The Kier molecular flexibility index (Phi) is 6.04. The maximum absolute atomic E-state index is 12.2. The van der Waals surface area contributed by atoms with Crippen molar-refractivity contribution in [2.45, 2.75) is 33.1 Å². The smallest absolute Gasteiger partial charge is 0.224 e. The van der Waals surface area contributed by atoms with Gasteiger partial charge in [-0.3, -0.25) is 4.79 Å². The highest BCUT2D eigenvalue weighted by molar-refractivity contribution is 5.92. The predicted molar refractivity (Wildman–Crippen MR) is 106 cm³/mol. The number of nitrogens with one attached hydrogen (secondary N) is 1. The molecule has 1 amide bonds. The van der Waals surface area contributed by atoms with Crippen LogP contribution < -0.4 is 5.32 Å². The number of hydrogen-bond acceptors (Lipinski definition) is 4. The fourth-order valence-corrected chi connectivity index (χ4v) is 3.18. The zero-order chi connectivity index (χ0) is 19.2. The average molecular weight is 364 g/mol. The molecule has 0 aliphatic heterocycles. The van der Waals surface area contributed by atoms with E-state index in [0.29, 0.717) is 19.3 Å². The van der Waals surface area contributed by atoms with E-state index in [9.17, 15) is 4.79 Å². The second kappa shape index (κ2) is 8.64. The topological polar surface area (TPSA) is 75.4 Å². The minimum absolute atomic E-state index is 0.00920. The molecule has 0 unspecified atom stereocenters. The largest absolute Gasteiger partial charge is 0.396 e. The van der Waals surface area contributed by atoms with Crippen molar-refractivity contribution in [3.05, 3.63) is 71.1 Å². The van der Waals surface area contributed by atoms with Gasteiger partial charge in [-0.15, -0.1) is 0 Å². The Morgan fingerprint density at radius 1 is 1.15 bits per heavy atom. The van der Waals surface area contributed by atoms with Gasteiger partial charge < -0.3 is 14.9 Å². The van der Waals surface area contributed by atoms with Crippen LogP contribution in [-0.4, -0.2) is 22.8 Å². The van der Waals surface area contributed by atoms with Gasteiger partial charge in [-0.25, -0.2) is 0 Å². The molecule has 0 saturated carbocycles. The maximum atomic E-state index is 12.2. The molecular weight excluding hydrogens is 340 g/mol. The molecule has 140 valence electrons. The molecule has 0 spiro atoms. The summed E-state index contributed by atoms with van der Waals surface area (Å²) >= 11 is 0. The van der Waals surface area contributed by atoms with Gasteiger partial charge in [0, 0.05) is 24.3 Å². The number of carbonyl (C=O) groups excluding carboxylic acids is 1. The summed E-state index contributed by atoms with van der Waals surface area (Å²) in [6, 6.07) is 16.1. The second-order valence-electron chi connectivity index (χ2n) is 6.61. The van der Waals surface area contributed by atoms with Gasteiger partial charge in [-0.1, -0.05) is 41.6 Å². The number of benzene rings is 2. The van der Waals surface area contributed by atoms with Gasteiger partial charge in [0.05, 0.1) is 5.69 Å². The second-order valence-corrected chi connectivity index (χ2v) is 6.61. The first kappa shape index (κ1) is 18.9. The normalized spacial score (nSPS) is 10.8. The molecule has 3 rings (SSSR count). The number of amides is 1. The third-order valence-corrected chi connectivity index (χ3v) is 4.50. The molecule has 3 aromatic rings. The van der Waals surface area contributed by atoms with Crippen molar-refractivity contribution in [1.82, 2.24) is 5.16 Å². The van der Waals surface area contributed by atoms with E-state index in [1.807, 2.05) is 44.2 Å². The van der Waals surface area contributed by atoms with Gasteiger partial charge in [0.15, 0.2) is 0 Å². The summed E-state index contributed by atoms with van der Waals surface area (Å²) in [6.07, 6.45) is 1.46. The molecule has 1 heterocycles. The molecule has 2 aromatic carbocycles. The van der Waals surface area contributed by atoms with Gasteiger partial charge in [0.2, 0.25) is 5.91 Å². The molecule has 5 nitrogen and oxygen atoms in total. The van der Waals surface area contributed by atoms with E-state index in [-0.39, 0.29) is 12.5 Å². The van der Waals surface area contributed by atoms with Gasteiger partial charge in [-0.2, -0.15) is 0 Å². The third kappa shape index (κ3) is 4.63. The third-order valence-electron chi connectivity index (χ3n) is 4.50. The van der Waals surface area contributed by atoms with Gasteiger partial charge in [-0.05, 0) is 55.5 Å². The number of aryl methyl sites for hydroxylation is 2. The van der Waals surface area contributed by atoms with Crippen molar-refractivity contribution in [2.24, 2.45) is 0 Å². The van der Waals surface area contributed by atoms with Crippen LogP contribution in [0.3, 0.4) is 0 Å². The first-order valence-electron chi connectivity index (χ1n) is 9.09. The summed E-state index contributed by atoms with van der Waals surface area (Å²) in [6.45, 7) is 3.83. The molecule has 5 heteroatoms. The summed E-state index contributed by atoms with van der Waals surface area (Å²) in [4.78, 5) is 12.2. The number of aliphatic hydroxyl groups excluding tert-OH is 1. The van der Waals surface area contributed by atoms with E-state index < -0.39 is 0 Å². The summed E-state index contributed by atoms with van der Waals surface area (Å²) in [5.41, 5.74) is 5.83. The number of aliphatic hydroxyl groups is 1. The molecule has 0 aliphatic carbocycles. The lowest BCUT2D eigenvalue weighted by Gasteiger charge is -2.14. The summed E-state index contributed by atoms with van der Waals surface area (Å²) in [5, 5.41) is 16.0. The van der Waals surface area contributed by atoms with Crippen LogP contribution in [0.15, 0.2) is 53.1 Å². The van der Waals surface area contributed by atoms with E-state index in [0.717, 1.165) is 33.8 Å². The molecule has 0 radical (unpaired) electrons. The lowest BCUT2D eigenvalue weighted by molar-refractivity contribution is -0.116. The summed E-state index contributed by atoms with van der Waals surface area (Å²) in [7, 11) is 0. The van der Waals surface area contributed by atoms with Crippen molar-refractivity contribution in [2.75, 3.05) is 11.9 Å². The molecular formula is C22H24N2O3. The first-order valence-corrected chi connectivity index (χ1v) is 9.09. The van der Waals surface area contributed by atoms with Crippen LogP contribution in [0.1, 0.15) is 35.4 Å². The number of hydrogen-bond donors (Lipinski definition) is 2. The number of aromatic nitrogens is 1. The molecule has 0 bridgehead atoms. The summed E-state index contributed by atoms with van der Waals surface area (Å²) in [5.74, 6) is 0.682. The molecule has 0 fully saturated rings. The van der Waals surface area contributed by atoms with E-state index in [1.54, 1.807) is 0 Å². The zero-order valence-corrected chi connectivity index (χ0v) is 15.7.